The Kier molecular flexibility index (Phi) is 5.90. The maximum Gasteiger partial charge on any atom is 0.321 e. The second-order valence-electron chi connectivity index (χ2n) is 4.97. The van der Waals surface area contributed by atoms with Crippen molar-refractivity contribution in [2.24, 2.45) is 5.73 Å². The van der Waals surface area contributed by atoms with E-state index in [1.165, 1.54) is 4.31 Å². The lowest BCUT2D eigenvalue weighted by atomic mass is 10.1. The SMILES string of the molecule is CC1CCCCN1S(=O)(=O)NC(CCC(N)=O)C(=O)O. The molecule has 0 radical (unpaired) electrons. The predicted octanol–water partition coefficient (Wildman–Crippen LogP) is -0.586. The van der Waals surface area contributed by atoms with E-state index in [1.54, 1.807) is 6.92 Å². The molecule has 4 N–H and O–H groups in total. The van der Waals surface area contributed by atoms with Gasteiger partial charge in [0.15, 0.2) is 0 Å². The van der Waals surface area contributed by atoms with Crippen molar-refractivity contribution in [1.82, 2.24) is 9.03 Å². The summed E-state index contributed by atoms with van der Waals surface area (Å²) in [5.74, 6) is -1.98. The first-order valence-corrected chi connectivity index (χ1v) is 7.98. The summed E-state index contributed by atoms with van der Waals surface area (Å²) in [5, 5.41) is 9.02. The van der Waals surface area contributed by atoms with Crippen LogP contribution < -0.4 is 10.5 Å². The van der Waals surface area contributed by atoms with Crippen LogP contribution in [0.3, 0.4) is 0 Å². The molecule has 1 aliphatic rings. The Morgan fingerprint density at radius 2 is 2.10 bits per heavy atom. The van der Waals surface area contributed by atoms with Gasteiger partial charge in [-0.1, -0.05) is 6.42 Å². The summed E-state index contributed by atoms with van der Waals surface area (Å²) in [4.78, 5) is 21.7. The van der Waals surface area contributed by atoms with E-state index in [-0.39, 0.29) is 18.9 Å². The van der Waals surface area contributed by atoms with Crippen molar-refractivity contribution < 1.29 is 23.1 Å². The molecule has 1 saturated heterocycles. The molecule has 1 aliphatic heterocycles. The van der Waals surface area contributed by atoms with Crippen LogP contribution in [0.2, 0.25) is 0 Å². The minimum Gasteiger partial charge on any atom is -0.480 e. The summed E-state index contributed by atoms with van der Waals surface area (Å²) in [6, 6.07) is -1.51. The van der Waals surface area contributed by atoms with E-state index < -0.39 is 28.1 Å². The zero-order valence-electron chi connectivity index (χ0n) is 11.4. The number of hydrogen-bond acceptors (Lipinski definition) is 4. The van der Waals surface area contributed by atoms with Gasteiger partial charge in [-0.05, 0) is 26.2 Å². The molecule has 1 rings (SSSR count). The molecule has 1 heterocycles. The van der Waals surface area contributed by atoms with Gasteiger partial charge in [-0.3, -0.25) is 9.59 Å². The fourth-order valence-electron chi connectivity index (χ4n) is 2.20. The van der Waals surface area contributed by atoms with Crippen molar-refractivity contribution in [1.29, 1.82) is 0 Å². The lowest BCUT2D eigenvalue weighted by molar-refractivity contribution is -0.139. The molecule has 0 aliphatic carbocycles. The highest BCUT2D eigenvalue weighted by molar-refractivity contribution is 7.87. The van der Waals surface area contributed by atoms with E-state index in [2.05, 4.69) is 4.72 Å². The summed E-state index contributed by atoms with van der Waals surface area (Å²) in [7, 11) is -3.87. The van der Waals surface area contributed by atoms with Crippen molar-refractivity contribution in [3.05, 3.63) is 0 Å². The third-order valence-electron chi connectivity index (χ3n) is 3.32. The highest BCUT2D eigenvalue weighted by atomic mass is 32.2. The number of hydrogen-bond donors (Lipinski definition) is 3. The fraction of sp³-hybridized carbons (Fsp3) is 0.818. The number of rotatable bonds is 7. The zero-order valence-corrected chi connectivity index (χ0v) is 12.2. The van der Waals surface area contributed by atoms with Crippen LogP contribution in [-0.2, 0) is 19.8 Å². The van der Waals surface area contributed by atoms with Crippen LogP contribution in [0.15, 0.2) is 0 Å². The van der Waals surface area contributed by atoms with Crippen molar-refractivity contribution >= 4 is 22.1 Å². The largest absolute Gasteiger partial charge is 0.480 e. The maximum atomic E-state index is 12.2. The minimum atomic E-state index is -3.87. The summed E-state index contributed by atoms with van der Waals surface area (Å²) in [5.41, 5.74) is 4.95. The molecule has 9 heteroatoms. The Morgan fingerprint density at radius 3 is 2.60 bits per heavy atom. The average Bonchev–Trinajstić information content (AvgIpc) is 2.34. The van der Waals surface area contributed by atoms with E-state index in [0.717, 1.165) is 19.3 Å². The van der Waals surface area contributed by atoms with Gasteiger partial charge in [0, 0.05) is 19.0 Å². The molecule has 1 fully saturated rings. The molecule has 0 spiro atoms. The highest BCUT2D eigenvalue weighted by Crippen LogP contribution is 2.19. The Balaban J connectivity index is 2.74. The number of carboxylic acids is 1. The van der Waals surface area contributed by atoms with Crippen molar-refractivity contribution in [3.8, 4) is 0 Å². The van der Waals surface area contributed by atoms with Gasteiger partial charge in [-0.25, -0.2) is 0 Å². The Labute approximate surface area is 118 Å². The number of nitrogens with zero attached hydrogens (tertiary/aromatic N) is 1. The molecule has 20 heavy (non-hydrogen) atoms. The minimum absolute atomic E-state index is 0.160. The molecule has 2 unspecified atom stereocenters. The first kappa shape index (κ1) is 16.9. The molecule has 0 saturated carbocycles. The number of aliphatic carboxylic acids is 1. The Hall–Kier alpha value is -1.19. The van der Waals surface area contributed by atoms with Gasteiger partial charge < -0.3 is 10.8 Å². The predicted molar refractivity (Wildman–Crippen MR) is 71.9 cm³/mol. The smallest absolute Gasteiger partial charge is 0.321 e. The van der Waals surface area contributed by atoms with Gasteiger partial charge in [0.2, 0.25) is 5.91 Å². The van der Waals surface area contributed by atoms with Crippen LogP contribution in [0.5, 0.6) is 0 Å². The third-order valence-corrected chi connectivity index (χ3v) is 5.06. The molecule has 1 amide bonds. The molecule has 2 atom stereocenters. The first-order valence-electron chi connectivity index (χ1n) is 6.54. The van der Waals surface area contributed by atoms with Crippen molar-refractivity contribution in [2.75, 3.05) is 6.54 Å². The topological polar surface area (TPSA) is 130 Å². The number of nitrogens with one attached hydrogen (secondary N) is 1. The second-order valence-corrected chi connectivity index (χ2v) is 6.63. The van der Waals surface area contributed by atoms with Crippen LogP contribution in [0.4, 0.5) is 0 Å². The number of amides is 1. The number of carbonyl (C=O) groups excluding carboxylic acids is 1. The number of primary amides is 1. The fourth-order valence-corrected chi connectivity index (χ4v) is 3.86. The molecular weight excluding hydrogens is 286 g/mol. The van der Waals surface area contributed by atoms with Gasteiger partial charge in [0.05, 0.1) is 0 Å². The Morgan fingerprint density at radius 1 is 1.45 bits per heavy atom. The van der Waals surface area contributed by atoms with Crippen molar-refractivity contribution in [3.63, 3.8) is 0 Å². The lowest BCUT2D eigenvalue weighted by Crippen LogP contribution is -2.52. The molecule has 0 aromatic carbocycles. The third kappa shape index (κ3) is 4.73. The number of piperidine rings is 1. The van der Waals surface area contributed by atoms with Gasteiger partial charge in [0.25, 0.3) is 10.2 Å². The van der Waals surface area contributed by atoms with Crippen LogP contribution in [-0.4, -0.2) is 48.3 Å². The molecule has 0 bridgehead atoms. The van der Waals surface area contributed by atoms with Gasteiger partial charge >= 0.3 is 5.97 Å². The van der Waals surface area contributed by atoms with E-state index in [0.29, 0.717) is 6.54 Å². The summed E-state index contributed by atoms with van der Waals surface area (Å²) < 4.78 is 27.8. The van der Waals surface area contributed by atoms with E-state index in [1.807, 2.05) is 0 Å². The zero-order chi connectivity index (χ0) is 15.3. The van der Waals surface area contributed by atoms with E-state index >= 15 is 0 Å². The summed E-state index contributed by atoms with van der Waals surface area (Å²) >= 11 is 0. The second kappa shape index (κ2) is 7.00. The molecule has 116 valence electrons. The summed E-state index contributed by atoms with van der Waals surface area (Å²) in [6.07, 6.45) is 2.11. The van der Waals surface area contributed by atoms with Crippen LogP contribution in [0.25, 0.3) is 0 Å². The first-order chi connectivity index (χ1) is 9.24. The van der Waals surface area contributed by atoms with Gasteiger partial charge in [-0.2, -0.15) is 17.4 Å². The molecular formula is C11H21N3O5S. The number of nitrogens with two attached hydrogens (primary N) is 1. The van der Waals surface area contributed by atoms with E-state index in [4.69, 9.17) is 10.8 Å². The number of carboxylic acid groups (broad SMARTS) is 1. The van der Waals surface area contributed by atoms with E-state index in [9.17, 15) is 18.0 Å². The molecule has 0 aromatic rings. The maximum absolute atomic E-state index is 12.2. The van der Waals surface area contributed by atoms with Crippen LogP contribution in [0, 0.1) is 0 Å². The molecule has 8 nitrogen and oxygen atoms in total. The van der Waals surface area contributed by atoms with Crippen LogP contribution in [0.1, 0.15) is 39.0 Å². The average molecular weight is 307 g/mol. The standard InChI is InChI=1S/C11H21N3O5S/c1-8-4-2-3-7-14(8)20(18,19)13-9(11(16)17)5-6-10(12)15/h8-9,13H,2-7H2,1H3,(H2,12,15)(H,16,17). The monoisotopic (exact) mass is 307 g/mol. The normalized spacial score (nSPS) is 22.4. The van der Waals surface area contributed by atoms with Crippen molar-refractivity contribution in [2.45, 2.75) is 51.1 Å². The quantitative estimate of drug-likeness (QED) is 0.579. The highest BCUT2D eigenvalue weighted by Gasteiger charge is 2.33. The lowest BCUT2D eigenvalue weighted by Gasteiger charge is -2.33. The van der Waals surface area contributed by atoms with Gasteiger partial charge in [0.1, 0.15) is 6.04 Å². The van der Waals surface area contributed by atoms with Gasteiger partial charge in [-0.15, -0.1) is 0 Å². The number of carbonyl (C=O) groups is 2. The summed E-state index contributed by atoms with van der Waals surface area (Å²) in [6.45, 7) is 2.16. The van der Waals surface area contributed by atoms with Crippen LogP contribution >= 0.6 is 0 Å². The Bertz CT molecular complexity index is 465. The molecule has 0 aromatic heterocycles.